The molecule has 11 nitrogen and oxygen atoms in total. The molecule has 0 bridgehead atoms. The molecule has 0 aliphatic heterocycles. The summed E-state index contributed by atoms with van der Waals surface area (Å²) in [5.74, 6) is 3.47. The Kier molecular flexibility index (Phi) is 15.0. The molecule has 0 unspecified atom stereocenters. The lowest BCUT2D eigenvalue weighted by molar-refractivity contribution is 0.0526. The summed E-state index contributed by atoms with van der Waals surface area (Å²) in [7, 11) is 0. The molecule has 11 heteroatoms. The molecule has 0 aliphatic carbocycles. The Balaban J connectivity index is 0.000000192. The third kappa shape index (κ3) is 13.3. The van der Waals surface area contributed by atoms with Gasteiger partial charge in [0.15, 0.2) is 0 Å². The largest absolute Gasteiger partial charge is 0.462 e. The second-order valence-corrected chi connectivity index (χ2v) is 15.4. The second kappa shape index (κ2) is 21.7. The first kappa shape index (κ1) is 44.1. The SMILES string of the molecule is CCOC(=O)c1ccc(Nc2nc(Cc3ccccc3)nc(Cc3cccc(C)c3)n2)cc1.Cc1ccc(Nc2nc(Cc3ccc(C=O)cc3)nc(Cc3cccc(C)c3)n2)cc1. The molecular formula is C53H50N8O3. The summed E-state index contributed by atoms with van der Waals surface area (Å²) in [6.07, 6.45) is 3.26. The molecule has 0 amide bonds. The number of ether oxygens (including phenoxy) is 1. The molecule has 2 heterocycles. The molecule has 0 aliphatic rings. The Morgan fingerprint density at radius 3 is 1.38 bits per heavy atom. The van der Waals surface area contributed by atoms with Crippen LogP contribution in [0.5, 0.6) is 0 Å². The first-order valence-electron chi connectivity index (χ1n) is 21.2. The van der Waals surface area contributed by atoms with Crippen LogP contribution in [0.25, 0.3) is 0 Å². The number of carbonyl (C=O) groups is 2. The number of aryl methyl sites for hydroxylation is 3. The van der Waals surface area contributed by atoms with Gasteiger partial charge < -0.3 is 15.4 Å². The minimum atomic E-state index is -0.338. The van der Waals surface area contributed by atoms with E-state index in [4.69, 9.17) is 14.7 Å². The number of nitrogens with one attached hydrogen (secondary N) is 2. The van der Waals surface area contributed by atoms with Gasteiger partial charge in [0.1, 0.15) is 29.6 Å². The van der Waals surface area contributed by atoms with Gasteiger partial charge in [-0.3, -0.25) is 4.79 Å². The molecule has 2 aromatic heterocycles. The van der Waals surface area contributed by atoms with Gasteiger partial charge in [0.2, 0.25) is 11.9 Å². The van der Waals surface area contributed by atoms with E-state index in [0.717, 1.165) is 45.7 Å². The quantitative estimate of drug-likeness (QED) is 0.0751. The first-order chi connectivity index (χ1) is 31.2. The van der Waals surface area contributed by atoms with E-state index in [1.807, 2.05) is 91.0 Å². The van der Waals surface area contributed by atoms with Gasteiger partial charge >= 0.3 is 5.97 Å². The second-order valence-electron chi connectivity index (χ2n) is 15.4. The number of rotatable bonds is 15. The summed E-state index contributed by atoms with van der Waals surface area (Å²) in [6, 6.07) is 49.5. The van der Waals surface area contributed by atoms with Gasteiger partial charge in [-0.2, -0.15) is 19.9 Å². The van der Waals surface area contributed by atoms with Gasteiger partial charge in [0.05, 0.1) is 12.2 Å². The summed E-state index contributed by atoms with van der Waals surface area (Å²) >= 11 is 0. The van der Waals surface area contributed by atoms with Crippen LogP contribution in [0.3, 0.4) is 0 Å². The standard InChI is InChI=1S/C27H26N4O2.C26H24N4O/c1-3-33-26(32)22-12-14-23(15-13-22)28-27-30-24(17-20-9-5-4-6-10-20)29-25(31-27)18-21-11-7-8-19(2)16-21;1-18-6-12-23(13-7-18)27-26-29-24(15-20-8-10-21(17-31)11-9-20)28-25(30-26)16-22-5-3-4-19(2)14-22/h4-16H,3,17-18H2,1-2H3,(H,28,29,30,31);3-14,17H,15-16H2,1-2H3,(H,27,28,29,30). The topological polar surface area (TPSA) is 145 Å². The molecule has 2 N–H and O–H groups in total. The van der Waals surface area contributed by atoms with Crippen LogP contribution >= 0.6 is 0 Å². The normalized spacial score (nSPS) is 10.6. The fourth-order valence-corrected chi connectivity index (χ4v) is 6.85. The Morgan fingerprint density at radius 2 is 0.922 bits per heavy atom. The minimum absolute atomic E-state index is 0.338. The van der Waals surface area contributed by atoms with Gasteiger partial charge in [-0.1, -0.05) is 132 Å². The van der Waals surface area contributed by atoms with E-state index in [-0.39, 0.29) is 5.97 Å². The van der Waals surface area contributed by atoms with Crippen LogP contribution in [0, 0.1) is 20.8 Å². The lowest BCUT2D eigenvalue weighted by Crippen LogP contribution is -2.09. The summed E-state index contributed by atoms with van der Waals surface area (Å²) in [5.41, 5.74) is 11.0. The zero-order valence-electron chi connectivity index (χ0n) is 36.5. The number of nitrogens with zero attached hydrogens (tertiary/aromatic N) is 6. The predicted molar refractivity (Wildman–Crippen MR) is 252 cm³/mol. The van der Waals surface area contributed by atoms with Crippen molar-refractivity contribution in [3.05, 3.63) is 225 Å². The maximum atomic E-state index is 11.9. The van der Waals surface area contributed by atoms with Crippen molar-refractivity contribution in [1.29, 1.82) is 0 Å². The van der Waals surface area contributed by atoms with E-state index in [1.165, 1.54) is 16.7 Å². The highest BCUT2D eigenvalue weighted by Crippen LogP contribution is 2.20. The lowest BCUT2D eigenvalue weighted by Gasteiger charge is -2.10. The molecule has 8 rings (SSSR count). The van der Waals surface area contributed by atoms with E-state index < -0.39 is 0 Å². The van der Waals surface area contributed by atoms with Crippen LogP contribution in [-0.4, -0.2) is 48.8 Å². The van der Waals surface area contributed by atoms with Gasteiger partial charge in [-0.05, 0) is 86.3 Å². The summed E-state index contributed by atoms with van der Waals surface area (Å²) in [4.78, 5) is 50.9. The predicted octanol–water partition coefficient (Wildman–Crippen LogP) is 10.5. The van der Waals surface area contributed by atoms with Crippen LogP contribution < -0.4 is 10.6 Å². The molecule has 6 aromatic carbocycles. The minimum Gasteiger partial charge on any atom is -0.462 e. The van der Waals surface area contributed by atoms with Gasteiger partial charge in [0.25, 0.3) is 0 Å². The number of carbonyl (C=O) groups excluding carboxylic acids is 2. The Bertz CT molecular complexity index is 2800. The Morgan fingerprint density at radius 1 is 0.484 bits per heavy atom. The fraction of sp³-hybridized carbons (Fsp3) is 0.170. The number of aldehydes is 1. The van der Waals surface area contributed by atoms with Crippen LogP contribution in [0.2, 0.25) is 0 Å². The van der Waals surface area contributed by atoms with E-state index in [0.29, 0.717) is 72.8 Å². The highest BCUT2D eigenvalue weighted by molar-refractivity contribution is 5.89. The van der Waals surface area contributed by atoms with E-state index >= 15 is 0 Å². The molecule has 0 spiro atoms. The van der Waals surface area contributed by atoms with Crippen LogP contribution in [0.4, 0.5) is 23.3 Å². The maximum Gasteiger partial charge on any atom is 0.338 e. The van der Waals surface area contributed by atoms with Crippen molar-refractivity contribution in [2.75, 3.05) is 17.2 Å². The van der Waals surface area contributed by atoms with Crippen LogP contribution in [0.1, 0.15) is 89.9 Å². The van der Waals surface area contributed by atoms with Crippen LogP contribution in [-0.2, 0) is 30.4 Å². The molecule has 0 saturated heterocycles. The molecule has 64 heavy (non-hydrogen) atoms. The fourth-order valence-electron chi connectivity index (χ4n) is 6.85. The third-order valence-electron chi connectivity index (χ3n) is 9.99. The first-order valence-corrected chi connectivity index (χ1v) is 21.2. The smallest absolute Gasteiger partial charge is 0.338 e. The molecular weight excluding hydrogens is 797 g/mol. The molecule has 8 aromatic rings. The van der Waals surface area contributed by atoms with Crippen molar-refractivity contribution in [2.24, 2.45) is 0 Å². The average molecular weight is 847 g/mol. The Hall–Kier alpha value is -7.92. The number of aromatic nitrogens is 6. The molecule has 0 fully saturated rings. The average Bonchev–Trinajstić information content (AvgIpc) is 3.28. The number of hydrogen-bond acceptors (Lipinski definition) is 11. The molecule has 0 saturated carbocycles. The van der Waals surface area contributed by atoms with Crippen molar-refractivity contribution in [1.82, 2.24) is 29.9 Å². The molecule has 320 valence electrons. The van der Waals surface area contributed by atoms with Crippen molar-refractivity contribution < 1.29 is 14.3 Å². The van der Waals surface area contributed by atoms with Crippen molar-refractivity contribution in [3.8, 4) is 0 Å². The van der Waals surface area contributed by atoms with Crippen LogP contribution in [0.15, 0.2) is 152 Å². The zero-order valence-corrected chi connectivity index (χ0v) is 36.5. The summed E-state index contributed by atoms with van der Waals surface area (Å²) in [5, 5.41) is 6.56. The Labute approximate surface area is 374 Å². The third-order valence-corrected chi connectivity index (χ3v) is 9.99. The number of anilines is 4. The van der Waals surface area contributed by atoms with Crippen molar-refractivity contribution >= 4 is 35.5 Å². The van der Waals surface area contributed by atoms with Gasteiger partial charge in [0, 0.05) is 42.6 Å². The van der Waals surface area contributed by atoms with Crippen molar-refractivity contribution in [2.45, 2.75) is 53.4 Å². The maximum absolute atomic E-state index is 11.9. The number of esters is 1. The van der Waals surface area contributed by atoms with E-state index in [2.05, 4.69) is 99.9 Å². The van der Waals surface area contributed by atoms with E-state index in [1.54, 1.807) is 19.1 Å². The summed E-state index contributed by atoms with van der Waals surface area (Å²) in [6.45, 7) is 8.34. The molecule has 0 atom stereocenters. The highest BCUT2D eigenvalue weighted by Gasteiger charge is 2.12. The number of hydrogen-bond donors (Lipinski definition) is 2. The monoisotopic (exact) mass is 846 g/mol. The zero-order chi connectivity index (χ0) is 44.7. The van der Waals surface area contributed by atoms with Crippen molar-refractivity contribution in [3.63, 3.8) is 0 Å². The lowest BCUT2D eigenvalue weighted by atomic mass is 10.1. The molecule has 0 radical (unpaired) electrons. The van der Waals surface area contributed by atoms with Gasteiger partial charge in [-0.15, -0.1) is 0 Å². The van der Waals surface area contributed by atoms with E-state index in [9.17, 15) is 9.59 Å². The number of benzene rings is 6. The highest BCUT2D eigenvalue weighted by atomic mass is 16.5. The van der Waals surface area contributed by atoms with Gasteiger partial charge in [-0.25, -0.2) is 14.8 Å². The summed E-state index contributed by atoms with van der Waals surface area (Å²) < 4.78 is 5.05.